The molecule has 1 aromatic carbocycles. The van der Waals surface area contributed by atoms with E-state index in [4.69, 9.17) is 9.72 Å². The number of β-amino-alcohol motifs (C(OH)–C–C–N with tert-alkyl or cyclic N) is 1. The van der Waals surface area contributed by atoms with Crippen molar-refractivity contribution in [2.24, 2.45) is 0 Å². The van der Waals surface area contributed by atoms with Gasteiger partial charge in [-0.2, -0.15) is 0 Å². The van der Waals surface area contributed by atoms with Crippen LogP contribution in [0.1, 0.15) is 29.4 Å². The minimum Gasteiger partial charge on any atom is -0.497 e. The molecule has 5 nitrogen and oxygen atoms in total. The Morgan fingerprint density at radius 1 is 1.23 bits per heavy atom. The molecule has 26 heavy (non-hydrogen) atoms. The Morgan fingerprint density at radius 2 is 2.12 bits per heavy atom. The summed E-state index contributed by atoms with van der Waals surface area (Å²) in [7, 11) is 1.68. The smallest absolute Gasteiger partial charge is 0.119 e. The molecule has 2 atom stereocenters. The second kappa shape index (κ2) is 7.09. The number of aliphatic hydroxyl groups excluding tert-OH is 1. The molecule has 1 fully saturated rings. The van der Waals surface area contributed by atoms with Gasteiger partial charge in [0.1, 0.15) is 11.6 Å². The summed E-state index contributed by atoms with van der Waals surface area (Å²) >= 11 is 0. The predicted molar refractivity (Wildman–Crippen MR) is 102 cm³/mol. The zero-order chi connectivity index (χ0) is 18.1. The number of methoxy groups -OCH3 is 1. The van der Waals surface area contributed by atoms with Gasteiger partial charge in [0, 0.05) is 25.2 Å². The van der Waals surface area contributed by atoms with Crippen molar-refractivity contribution in [1.29, 1.82) is 0 Å². The maximum absolute atomic E-state index is 10.7. The molecule has 1 aliphatic heterocycles. The van der Waals surface area contributed by atoms with Crippen LogP contribution in [0.3, 0.4) is 0 Å². The zero-order valence-electron chi connectivity index (χ0n) is 15.3. The number of nitrogens with zero attached hydrogens (tertiary/aromatic N) is 3. The van der Waals surface area contributed by atoms with Crippen LogP contribution < -0.4 is 4.74 Å². The molecule has 0 bridgehead atoms. The van der Waals surface area contributed by atoms with E-state index in [1.54, 1.807) is 7.11 Å². The van der Waals surface area contributed by atoms with E-state index in [0.29, 0.717) is 6.54 Å². The SMILES string of the molecule is COc1cccc([C@H]2CCN(Cc3nc(C)n4ccccc34)C[C@@H]2O)c1. The number of likely N-dealkylation sites (tertiary alicyclic amines) is 1. The fraction of sp³-hybridized carbons (Fsp3) is 0.381. The molecule has 1 aliphatic rings. The van der Waals surface area contributed by atoms with Crippen LogP contribution in [0.5, 0.6) is 5.75 Å². The van der Waals surface area contributed by atoms with Crippen LogP contribution in [-0.4, -0.2) is 45.7 Å². The van der Waals surface area contributed by atoms with Gasteiger partial charge >= 0.3 is 0 Å². The Hall–Kier alpha value is -2.37. The molecule has 1 saturated heterocycles. The van der Waals surface area contributed by atoms with Gasteiger partial charge in [-0.05, 0) is 49.7 Å². The van der Waals surface area contributed by atoms with E-state index in [-0.39, 0.29) is 12.0 Å². The Kier molecular flexibility index (Phi) is 4.66. The highest BCUT2D eigenvalue weighted by atomic mass is 16.5. The van der Waals surface area contributed by atoms with Crippen molar-refractivity contribution < 1.29 is 9.84 Å². The van der Waals surface area contributed by atoms with Crippen LogP contribution in [0.25, 0.3) is 5.52 Å². The number of benzene rings is 1. The lowest BCUT2D eigenvalue weighted by Gasteiger charge is -2.36. The molecule has 3 aromatic rings. The average Bonchev–Trinajstić information content (AvgIpc) is 2.98. The first kappa shape index (κ1) is 17.1. The summed E-state index contributed by atoms with van der Waals surface area (Å²) in [4.78, 5) is 7.03. The van der Waals surface area contributed by atoms with Gasteiger partial charge in [0.2, 0.25) is 0 Å². The van der Waals surface area contributed by atoms with Gasteiger partial charge < -0.3 is 14.2 Å². The Bertz CT molecular complexity index is 905. The first-order chi connectivity index (χ1) is 12.7. The van der Waals surface area contributed by atoms with Crippen molar-refractivity contribution >= 4 is 5.52 Å². The van der Waals surface area contributed by atoms with Crippen molar-refractivity contribution in [2.75, 3.05) is 20.2 Å². The number of piperidine rings is 1. The molecule has 136 valence electrons. The van der Waals surface area contributed by atoms with Gasteiger partial charge in [-0.1, -0.05) is 18.2 Å². The molecule has 2 aromatic heterocycles. The molecule has 0 amide bonds. The van der Waals surface area contributed by atoms with Gasteiger partial charge in [-0.25, -0.2) is 4.98 Å². The molecule has 0 unspecified atom stereocenters. The van der Waals surface area contributed by atoms with E-state index >= 15 is 0 Å². The minimum absolute atomic E-state index is 0.154. The van der Waals surface area contributed by atoms with Crippen molar-refractivity contribution in [2.45, 2.75) is 31.9 Å². The highest BCUT2D eigenvalue weighted by Crippen LogP contribution is 2.31. The number of hydrogen-bond donors (Lipinski definition) is 1. The van der Waals surface area contributed by atoms with E-state index in [1.807, 2.05) is 43.5 Å². The second-order valence-corrected chi connectivity index (χ2v) is 7.04. The number of hydrogen-bond acceptors (Lipinski definition) is 4. The molecule has 5 heteroatoms. The van der Waals surface area contributed by atoms with Crippen LogP contribution in [0.2, 0.25) is 0 Å². The topological polar surface area (TPSA) is 50.0 Å². The van der Waals surface area contributed by atoms with Crippen LogP contribution in [0.4, 0.5) is 0 Å². The first-order valence-corrected chi connectivity index (χ1v) is 9.12. The van der Waals surface area contributed by atoms with Crippen molar-refractivity contribution in [1.82, 2.24) is 14.3 Å². The fourth-order valence-corrected chi connectivity index (χ4v) is 4.00. The molecule has 0 saturated carbocycles. The number of ether oxygens (including phenoxy) is 1. The molecule has 1 N–H and O–H groups in total. The summed E-state index contributed by atoms with van der Waals surface area (Å²) in [5.74, 6) is 2.00. The van der Waals surface area contributed by atoms with Crippen molar-refractivity contribution in [3.05, 3.63) is 65.7 Å². The second-order valence-electron chi connectivity index (χ2n) is 7.04. The third kappa shape index (κ3) is 3.20. The van der Waals surface area contributed by atoms with Gasteiger partial charge in [0.15, 0.2) is 0 Å². The number of aromatic nitrogens is 2. The van der Waals surface area contributed by atoms with E-state index < -0.39 is 0 Å². The molecule has 0 aliphatic carbocycles. The van der Waals surface area contributed by atoms with Gasteiger partial charge in [-0.15, -0.1) is 0 Å². The van der Waals surface area contributed by atoms with Gasteiger partial charge in [0.05, 0.1) is 24.4 Å². The number of pyridine rings is 1. The van der Waals surface area contributed by atoms with E-state index in [1.165, 1.54) is 0 Å². The summed E-state index contributed by atoms with van der Waals surface area (Å²) in [6.45, 7) is 4.40. The summed E-state index contributed by atoms with van der Waals surface area (Å²) in [6.07, 6.45) is 2.59. The Morgan fingerprint density at radius 3 is 2.92 bits per heavy atom. The summed E-state index contributed by atoms with van der Waals surface area (Å²) in [5, 5.41) is 10.7. The molecule has 3 heterocycles. The van der Waals surface area contributed by atoms with E-state index in [0.717, 1.165) is 47.9 Å². The lowest BCUT2D eigenvalue weighted by atomic mass is 9.87. The molecule has 4 rings (SSSR count). The van der Waals surface area contributed by atoms with Crippen LogP contribution in [0, 0.1) is 6.92 Å². The maximum Gasteiger partial charge on any atom is 0.119 e. The van der Waals surface area contributed by atoms with Gasteiger partial charge in [0.25, 0.3) is 0 Å². The van der Waals surface area contributed by atoms with Gasteiger partial charge in [-0.3, -0.25) is 4.90 Å². The van der Waals surface area contributed by atoms with Crippen LogP contribution in [-0.2, 0) is 6.54 Å². The number of aryl methyl sites for hydroxylation is 1. The predicted octanol–water partition coefficient (Wildman–Crippen LogP) is 3.00. The molecule has 0 spiro atoms. The van der Waals surface area contributed by atoms with E-state index in [9.17, 15) is 5.11 Å². The maximum atomic E-state index is 10.7. The largest absolute Gasteiger partial charge is 0.497 e. The number of rotatable bonds is 4. The fourth-order valence-electron chi connectivity index (χ4n) is 4.00. The van der Waals surface area contributed by atoms with E-state index in [2.05, 4.69) is 21.4 Å². The minimum atomic E-state index is -0.383. The first-order valence-electron chi connectivity index (χ1n) is 9.12. The third-order valence-electron chi connectivity index (χ3n) is 5.36. The molecular weight excluding hydrogens is 326 g/mol. The number of imidazole rings is 1. The highest BCUT2D eigenvalue weighted by molar-refractivity contribution is 5.53. The third-order valence-corrected chi connectivity index (χ3v) is 5.36. The summed E-state index contributed by atoms with van der Waals surface area (Å²) in [6, 6.07) is 14.2. The Labute approximate surface area is 153 Å². The van der Waals surface area contributed by atoms with Crippen molar-refractivity contribution in [3.8, 4) is 5.75 Å². The number of aliphatic hydroxyl groups is 1. The van der Waals surface area contributed by atoms with Crippen LogP contribution >= 0.6 is 0 Å². The standard InChI is InChI=1S/C21H25N3O2/c1-15-22-19(20-8-3-4-10-24(15)20)13-23-11-9-18(21(25)14-23)16-6-5-7-17(12-16)26-2/h3-8,10,12,18,21,25H,9,11,13-14H2,1-2H3/t18-,21+/m1/s1. The zero-order valence-corrected chi connectivity index (χ0v) is 15.3. The Balaban J connectivity index is 1.48. The van der Waals surface area contributed by atoms with Crippen LogP contribution in [0.15, 0.2) is 48.7 Å². The molecular formula is C21H25N3O2. The quantitative estimate of drug-likeness (QED) is 0.785. The lowest BCUT2D eigenvalue weighted by molar-refractivity contribution is 0.0473. The summed E-state index contributed by atoms with van der Waals surface area (Å²) < 4.78 is 7.44. The normalized spacial score (nSPS) is 21.2. The summed E-state index contributed by atoms with van der Waals surface area (Å²) in [5.41, 5.74) is 3.38. The lowest BCUT2D eigenvalue weighted by Crippen LogP contribution is -2.42. The number of fused-ring (bicyclic) bond motifs is 1. The molecule has 0 radical (unpaired) electrons. The van der Waals surface area contributed by atoms with Crippen molar-refractivity contribution in [3.63, 3.8) is 0 Å². The average molecular weight is 351 g/mol. The monoisotopic (exact) mass is 351 g/mol. The highest BCUT2D eigenvalue weighted by Gasteiger charge is 2.29.